The molecule has 0 bridgehead atoms. The molecule has 0 saturated carbocycles. The van der Waals surface area contributed by atoms with Crippen molar-refractivity contribution in [2.45, 2.75) is 19.9 Å². The van der Waals surface area contributed by atoms with Crippen LogP contribution in [0.4, 0.5) is 0 Å². The molecule has 1 aliphatic heterocycles. The number of nitrogens with zero attached hydrogens (tertiary/aromatic N) is 1. The fraction of sp³-hybridized carbons (Fsp3) is 1.00. The lowest BCUT2D eigenvalue weighted by atomic mass is 10.0. The largest absolute Gasteiger partial charge is 0.311 e. The van der Waals surface area contributed by atoms with E-state index in [9.17, 15) is 8.42 Å². The lowest BCUT2D eigenvalue weighted by Crippen LogP contribution is -2.53. The third-order valence-corrected chi connectivity index (χ3v) is 3.80. The predicted molar refractivity (Wildman–Crippen MR) is 62.8 cm³/mol. The number of sulfone groups is 1. The Morgan fingerprint density at radius 1 is 1.47 bits per heavy atom. The highest BCUT2D eigenvalue weighted by Gasteiger charge is 2.21. The van der Waals surface area contributed by atoms with E-state index in [1.807, 2.05) is 0 Å². The number of piperazine rings is 1. The van der Waals surface area contributed by atoms with Gasteiger partial charge in [0.25, 0.3) is 0 Å². The second-order valence-corrected chi connectivity index (χ2v) is 6.99. The van der Waals surface area contributed by atoms with E-state index in [2.05, 4.69) is 24.1 Å². The summed E-state index contributed by atoms with van der Waals surface area (Å²) < 4.78 is 22.1. The zero-order valence-corrected chi connectivity index (χ0v) is 10.7. The Morgan fingerprint density at radius 3 is 2.67 bits per heavy atom. The summed E-state index contributed by atoms with van der Waals surface area (Å²) in [6, 6.07) is 0.498. The van der Waals surface area contributed by atoms with Crippen molar-refractivity contribution in [3.63, 3.8) is 0 Å². The van der Waals surface area contributed by atoms with Gasteiger partial charge in [0.15, 0.2) is 0 Å². The second kappa shape index (κ2) is 5.27. The fourth-order valence-electron chi connectivity index (χ4n) is 1.79. The van der Waals surface area contributed by atoms with Gasteiger partial charge in [-0.15, -0.1) is 0 Å². The number of nitrogens with one attached hydrogen (secondary N) is 1. The molecule has 0 aliphatic carbocycles. The predicted octanol–water partition coefficient (Wildman–Crippen LogP) is -0.0392. The molecule has 0 aromatic carbocycles. The minimum atomic E-state index is -2.82. The Morgan fingerprint density at radius 2 is 2.13 bits per heavy atom. The Bertz CT molecular complexity index is 288. The molecule has 90 valence electrons. The number of hydrogen-bond acceptors (Lipinski definition) is 4. The lowest BCUT2D eigenvalue weighted by Gasteiger charge is -2.35. The number of hydrogen-bond donors (Lipinski definition) is 1. The van der Waals surface area contributed by atoms with Crippen molar-refractivity contribution in [2.24, 2.45) is 5.92 Å². The molecule has 0 spiro atoms. The average Bonchev–Trinajstić information content (AvgIpc) is 2.14. The SMILES string of the molecule is CC(C)C1CN(CCS(C)(=O)=O)CCN1. The molecule has 1 rings (SSSR count). The van der Waals surface area contributed by atoms with Crippen LogP contribution in [0.15, 0.2) is 0 Å². The van der Waals surface area contributed by atoms with E-state index in [-0.39, 0.29) is 5.75 Å². The highest BCUT2D eigenvalue weighted by Crippen LogP contribution is 2.07. The summed E-state index contributed by atoms with van der Waals surface area (Å²) in [6.07, 6.45) is 1.30. The van der Waals surface area contributed by atoms with E-state index in [4.69, 9.17) is 0 Å². The van der Waals surface area contributed by atoms with Gasteiger partial charge in [-0.25, -0.2) is 8.42 Å². The van der Waals surface area contributed by atoms with E-state index in [1.54, 1.807) is 0 Å². The van der Waals surface area contributed by atoms with E-state index in [1.165, 1.54) is 6.26 Å². The van der Waals surface area contributed by atoms with Crippen LogP contribution in [0.2, 0.25) is 0 Å². The first kappa shape index (κ1) is 12.9. The van der Waals surface area contributed by atoms with Crippen molar-refractivity contribution in [1.29, 1.82) is 0 Å². The van der Waals surface area contributed by atoms with Crippen molar-refractivity contribution >= 4 is 9.84 Å². The molecule has 0 aromatic heterocycles. The molecule has 1 atom stereocenters. The van der Waals surface area contributed by atoms with Gasteiger partial charge in [0, 0.05) is 38.5 Å². The van der Waals surface area contributed by atoms with Gasteiger partial charge in [0.2, 0.25) is 0 Å². The van der Waals surface area contributed by atoms with Crippen LogP contribution in [-0.2, 0) is 9.84 Å². The third kappa shape index (κ3) is 4.95. The standard InChI is InChI=1S/C10H22N2O2S/c1-9(2)10-8-12(5-4-11-10)6-7-15(3,13)14/h9-11H,4-8H2,1-3H3. The van der Waals surface area contributed by atoms with Gasteiger partial charge in [0.05, 0.1) is 5.75 Å². The van der Waals surface area contributed by atoms with Crippen molar-refractivity contribution in [3.8, 4) is 0 Å². The number of rotatable bonds is 4. The summed E-state index contributed by atoms with van der Waals surface area (Å²) in [5, 5.41) is 3.45. The van der Waals surface area contributed by atoms with Crippen LogP contribution >= 0.6 is 0 Å². The second-order valence-electron chi connectivity index (χ2n) is 4.74. The van der Waals surface area contributed by atoms with Crippen LogP contribution < -0.4 is 5.32 Å². The van der Waals surface area contributed by atoms with Gasteiger partial charge in [0.1, 0.15) is 9.84 Å². The summed E-state index contributed by atoms with van der Waals surface area (Å²) in [4.78, 5) is 2.24. The lowest BCUT2D eigenvalue weighted by molar-refractivity contribution is 0.183. The minimum absolute atomic E-state index is 0.276. The molecule has 5 heteroatoms. The van der Waals surface area contributed by atoms with Gasteiger partial charge in [-0.2, -0.15) is 0 Å². The topological polar surface area (TPSA) is 49.4 Å². The molecule has 1 aliphatic rings. The first-order valence-electron chi connectivity index (χ1n) is 5.52. The zero-order chi connectivity index (χ0) is 11.5. The van der Waals surface area contributed by atoms with Crippen molar-refractivity contribution in [1.82, 2.24) is 10.2 Å². The van der Waals surface area contributed by atoms with Crippen LogP contribution in [0.25, 0.3) is 0 Å². The van der Waals surface area contributed by atoms with E-state index in [0.29, 0.717) is 18.5 Å². The molecule has 1 heterocycles. The maximum Gasteiger partial charge on any atom is 0.148 e. The molecule has 0 amide bonds. The van der Waals surface area contributed by atoms with Gasteiger partial charge in [-0.1, -0.05) is 13.8 Å². The Hall–Kier alpha value is -0.130. The molecule has 0 radical (unpaired) electrons. The van der Waals surface area contributed by atoms with Crippen LogP contribution in [0, 0.1) is 5.92 Å². The molecular weight excluding hydrogens is 212 g/mol. The van der Waals surface area contributed by atoms with Crippen LogP contribution in [0.1, 0.15) is 13.8 Å². The van der Waals surface area contributed by atoms with Crippen molar-refractivity contribution < 1.29 is 8.42 Å². The fourth-order valence-corrected chi connectivity index (χ4v) is 2.38. The van der Waals surface area contributed by atoms with Crippen LogP contribution in [0.3, 0.4) is 0 Å². The monoisotopic (exact) mass is 234 g/mol. The Kier molecular flexibility index (Phi) is 4.55. The summed E-state index contributed by atoms with van der Waals surface area (Å²) in [5.41, 5.74) is 0. The summed E-state index contributed by atoms with van der Waals surface area (Å²) >= 11 is 0. The average molecular weight is 234 g/mol. The van der Waals surface area contributed by atoms with Crippen molar-refractivity contribution in [3.05, 3.63) is 0 Å². The molecule has 1 N–H and O–H groups in total. The summed E-state index contributed by atoms with van der Waals surface area (Å²) in [5.74, 6) is 0.878. The van der Waals surface area contributed by atoms with Gasteiger partial charge >= 0.3 is 0 Å². The molecule has 15 heavy (non-hydrogen) atoms. The highest BCUT2D eigenvalue weighted by molar-refractivity contribution is 7.90. The van der Waals surface area contributed by atoms with Gasteiger partial charge < -0.3 is 5.32 Å². The maximum atomic E-state index is 11.0. The molecule has 1 fully saturated rings. The minimum Gasteiger partial charge on any atom is -0.311 e. The van der Waals surface area contributed by atoms with Gasteiger partial charge in [-0.3, -0.25) is 4.90 Å². The molecule has 1 saturated heterocycles. The molecule has 4 nitrogen and oxygen atoms in total. The van der Waals surface area contributed by atoms with E-state index in [0.717, 1.165) is 19.6 Å². The van der Waals surface area contributed by atoms with E-state index >= 15 is 0 Å². The summed E-state index contributed by atoms with van der Waals surface area (Å²) in [6.45, 7) is 7.94. The zero-order valence-electron chi connectivity index (χ0n) is 9.86. The Balaban J connectivity index is 2.37. The Labute approximate surface area is 93.0 Å². The highest BCUT2D eigenvalue weighted by atomic mass is 32.2. The molecular formula is C10H22N2O2S. The van der Waals surface area contributed by atoms with Crippen molar-refractivity contribution in [2.75, 3.05) is 38.2 Å². The van der Waals surface area contributed by atoms with Crippen LogP contribution in [-0.4, -0.2) is 57.5 Å². The molecule has 0 aromatic rings. The first-order valence-corrected chi connectivity index (χ1v) is 7.58. The van der Waals surface area contributed by atoms with Crippen LogP contribution in [0.5, 0.6) is 0 Å². The quantitative estimate of drug-likeness (QED) is 0.741. The maximum absolute atomic E-state index is 11.0. The molecule has 1 unspecified atom stereocenters. The van der Waals surface area contributed by atoms with Gasteiger partial charge in [-0.05, 0) is 5.92 Å². The van der Waals surface area contributed by atoms with E-state index < -0.39 is 9.84 Å². The summed E-state index contributed by atoms with van der Waals surface area (Å²) in [7, 11) is -2.82. The third-order valence-electron chi connectivity index (χ3n) is 2.87. The normalized spacial score (nSPS) is 24.7. The first-order chi connectivity index (χ1) is 6.88. The smallest absolute Gasteiger partial charge is 0.148 e.